The number of nitriles is 1. The molecule has 0 unspecified atom stereocenters. The van der Waals surface area contributed by atoms with E-state index in [1.54, 1.807) is 23.1 Å². The average molecular weight is 336 g/mol. The van der Waals surface area contributed by atoms with E-state index in [1.807, 2.05) is 13.1 Å². The summed E-state index contributed by atoms with van der Waals surface area (Å²) in [7, 11) is -1.64. The van der Waals surface area contributed by atoms with E-state index >= 15 is 0 Å². The summed E-state index contributed by atoms with van der Waals surface area (Å²) in [5, 5.41) is 8.96. The highest BCUT2D eigenvalue weighted by molar-refractivity contribution is 7.92. The number of amides is 1. The minimum atomic E-state index is -3.62. The van der Waals surface area contributed by atoms with Crippen molar-refractivity contribution in [2.24, 2.45) is 0 Å². The van der Waals surface area contributed by atoms with Crippen molar-refractivity contribution >= 4 is 21.6 Å². The summed E-state index contributed by atoms with van der Waals surface area (Å²) in [6, 6.07) is 8.22. The molecule has 0 atom stereocenters. The quantitative estimate of drug-likeness (QED) is 0.778. The van der Waals surface area contributed by atoms with Gasteiger partial charge in [-0.15, -0.1) is 0 Å². The molecule has 8 heteroatoms. The standard InChI is InChI=1S/C15H20N4O3S/c1-17-6-8-18(9-7-17)15(20)12-19(23(2,21)22)14-5-3-4-13(10-14)11-16/h3-5,10H,6-9,12H2,1-2H3. The third-order valence-electron chi connectivity index (χ3n) is 3.80. The van der Waals surface area contributed by atoms with Crippen LogP contribution in [0.1, 0.15) is 5.56 Å². The van der Waals surface area contributed by atoms with Gasteiger partial charge in [-0.25, -0.2) is 8.42 Å². The Morgan fingerprint density at radius 3 is 2.52 bits per heavy atom. The molecule has 1 amide bonds. The van der Waals surface area contributed by atoms with Crippen LogP contribution in [0.15, 0.2) is 24.3 Å². The molecule has 1 aliphatic rings. The van der Waals surface area contributed by atoms with Gasteiger partial charge in [0.1, 0.15) is 6.54 Å². The van der Waals surface area contributed by atoms with Crippen LogP contribution in [0.5, 0.6) is 0 Å². The van der Waals surface area contributed by atoms with Gasteiger partial charge in [0.15, 0.2) is 0 Å². The minimum absolute atomic E-state index is 0.231. The number of carbonyl (C=O) groups excluding carboxylic acids is 1. The van der Waals surface area contributed by atoms with Gasteiger partial charge in [-0.05, 0) is 25.2 Å². The molecule has 0 spiro atoms. The summed E-state index contributed by atoms with van der Waals surface area (Å²) >= 11 is 0. The molecule has 0 bridgehead atoms. The molecule has 0 saturated carbocycles. The molecular weight excluding hydrogens is 316 g/mol. The number of piperazine rings is 1. The first kappa shape index (κ1) is 17.2. The molecule has 0 aliphatic carbocycles. The van der Waals surface area contributed by atoms with Gasteiger partial charge in [0, 0.05) is 26.2 Å². The van der Waals surface area contributed by atoms with E-state index in [0.29, 0.717) is 24.3 Å². The van der Waals surface area contributed by atoms with Gasteiger partial charge < -0.3 is 9.80 Å². The molecule has 7 nitrogen and oxygen atoms in total. The Labute approximate surface area is 136 Å². The Morgan fingerprint density at radius 1 is 1.30 bits per heavy atom. The fourth-order valence-electron chi connectivity index (χ4n) is 2.41. The molecule has 1 aliphatic heterocycles. The SMILES string of the molecule is CN1CCN(C(=O)CN(c2cccc(C#N)c2)S(C)(=O)=O)CC1. The van der Waals surface area contributed by atoms with Gasteiger partial charge in [0.25, 0.3) is 0 Å². The van der Waals surface area contributed by atoms with Gasteiger partial charge in [0.2, 0.25) is 15.9 Å². The zero-order valence-electron chi connectivity index (χ0n) is 13.3. The molecule has 1 aromatic carbocycles. The summed E-state index contributed by atoms with van der Waals surface area (Å²) in [5.74, 6) is -0.231. The van der Waals surface area contributed by atoms with E-state index in [9.17, 15) is 13.2 Å². The van der Waals surface area contributed by atoms with Gasteiger partial charge in [-0.3, -0.25) is 9.10 Å². The maximum atomic E-state index is 12.4. The molecular formula is C15H20N4O3S. The number of nitrogens with zero attached hydrogens (tertiary/aromatic N) is 4. The molecule has 0 aromatic heterocycles. The van der Waals surface area contributed by atoms with Crippen molar-refractivity contribution in [3.8, 4) is 6.07 Å². The molecule has 0 N–H and O–H groups in total. The monoisotopic (exact) mass is 336 g/mol. The number of anilines is 1. The Balaban J connectivity index is 2.20. The number of hydrogen-bond acceptors (Lipinski definition) is 5. The fourth-order valence-corrected chi connectivity index (χ4v) is 3.25. The Bertz CT molecular complexity index is 718. The van der Waals surface area contributed by atoms with E-state index in [-0.39, 0.29) is 12.5 Å². The first-order valence-corrected chi connectivity index (χ1v) is 9.10. The smallest absolute Gasteiger partial charge is 0.243 e. The first-order valence-electron chi connectivity index (χ1n) is 7.25. The number of hydrogen-bond donors (Lipinski definition) is 0. The molecule has 0 radical (unpaired) electrons. The van der Waals surface area contributed by atoms with Crippen molar-refractivity contribution in [3.05, 3.63) is 29.8 Å². The lowest BCUT2D eigenvalue weighted by Gasteiger charge is -2.34. The van der Waals surface area contributed by atoms with Crippen LogP contribution in [0, 0.1) is 11.3 Å². The van der Waals surface area contributed by atoms with Crippen molar-refractivity contribution in [3.63, 3.8) is 0 Å². The van der Waals surface area contributed by atoms with Crippen LogP contribution in [-0.4, -0.2) is 70.2 Å². The second kappa shape index (κ2) is 6.98. The van der Waals surface area contributed by atoms with Gasteiger partial charge in [-0.2, -0.15) is 5.26 Å². The molecule has 23 heavy (non-hydrogen) atoms. The topological polar surface area (TPSA) is 84.7 Å². The van der Waals surface area contributed by atoms with Gasteiger partial charge >= 0.3 is 0 Å². The van der Waals surface area contributed by atoms with Crippen LogP contribution in [0.4, 0.5) is 5.69 Å². The molecule has 1 saturated heterocycles. The highest BCUT2D eigenvalue weighted by Crippen LogP contribution is 2.19. The molecule has 1 aromatic rings. The number of likely N-dealkylation sites (N-methyl/N-ethyl adjacent to an activating group) is 1. The predicted octanol–water partition coefficient (Wildman–Crippen LogP) is 0.0983. The lowest BCUT2D eigenvalue weighted by molar-refractivity contribution is -0.131. The lowest BCUT2D eigenvalue weighted by Crippen LogP contribution is -2.50. The number of benzene rings is 1. The maximum Gasteiger partial charge on any atom is 0.243 e. The van der Waals surface area contributed by atoms with Gasteiger partial charge in [-0.1, -0.05) is 6.07 Å². The van der Waals surface area contributed by atoms with Crippen molar-refractivity contribution in [2.45, 2.75) is 0 Å². The van der Waals surface area contributed by atoms with Crippen LogP contribution in [-0.2, 0) is 14.8 Å². The van der Waals surface area contributed by atoms with E-state index < -0.39 is 10.0 Å². The zero-order valence-corrected chi connectivity index (χ0v) is 14.1. The largest absolute Gasteiger partial charge is 0.339 e. The number of sulfonamides is 1. The molecule has 1 heterocycles. The summed E-state index contributed by atoms with van der Waals surface area (Å²) in [5.41, 5.74) is 0.678. The average Bonchev–Trinajstić information content (AvgIpc) is 2.52. The van der Waals surface area contributed by atoms with Crippen LogP contribution in [0.2, 0.25) is 0 Å². The van der Waals surface area contributed by atoms with E-state index in [0.717, 1.165) is 23.7 Å². The summed E-state index contributed by atoms with van der Waals surface area (Å²) in [6.07, 6.45) is 1.06. The second-order valence-corrected chi connectivity index (χ2v) is 7.52. The number of carbonyl (C=O) groups is 1. The van der Waals surface area contributed by atoms with E-state index in [2.05, 4.69) is 4.90 Å². The zero-order chi connectivity index (χ0) is 17.0. The van der Waals surface area contributed by atoms with Crippen LogP contribution >= 0.6 is 0 Å². The van der Waals surface area contributed by atoms with Crippen LogP contribution in [0.3, 0.4) is 0 Å². The summed E-state index contributed by atoms with van der Waals surface area (Å²) < 4.78 is 25.2. The first-order chi connectivity index (χ1) is 10.8. The highest BCUT2D eigenvalue weighted by atomic mass is 32.2. The maximum absolute atomic E-state index is 12.4. The van der Waals surface area contributed by atoms with Crippen molar-refractivity contribution in [2.75, 3.05) is 50.3 Å². The van der Waals surface area contributed by atoms with E-state index in [4.69, 9.17) is 5.26 Å². The Morgan fingerprint density at radius 2 is 1.96 bits per heavy atom. The summed E-state index contributed by atoms with van der Waals surface area (Å²) in [4.78, 5) is 16.2. The molecule has 124 valence electrons. The fraction of sp³-hybridized carbons (Fsp3) is 0.467. The van der Waals surface area contributed by atoms with Crippen LogP contribution in [0.25, 0.3) is 0 Å². The molecule has 1 fully saturated rings. The molecule has 2 rings (SSSR count). The third kappa shape index (κ3) is 4.43. The van der Waals surface area contributed by atoms with Crippen molar-refractivity contribution < 1.29 is 13.2 Å². The Hall–Kier alpha value is -2.11. The third-order valence-corrected chi connectivity index (χ3v) is 4.94. The predicted molar refractivity (Wildman–Crippen MR) is 87.4 cm³/mol. The lowest BCUT2D eigenvalue weighted by atomic mass is 10.2. The normalized spacial score (nSPS) is 16.0. The minimum Gasteiger partial charge on any atom is -0.339 e. The summed E-state index contributed by atoms with van der Waals surface area (Å²) in [6.45, 7) is 2.47. The van der Waals surface area contributed by atoms with Gasteiger partial charge in [0.05, 0.1) is 23.6 Å². The Kier molecular flexibility index (Phi) is 5.23. The van der Waals surface area contributed by atoms with Crippen molar-refractivity contribution in [1.82, 2.24) is 9.80 Å². The highest BCUT2D eigenvalue weighted by Gasteiger charge is 2.25. The van der Waals surface area contributed by atoms with Crippen LogP contribution < -0.4 is 4.31 Å². The number of rotatable bonds is 4. The second-order valence-electron chi connectivity index (χ2n) is 5.62. The van der Waals surface area contributed by atoms with Crippen molar-refractivity contribution in [1.29, 1.82) is 5.26 Å². The van der Waals surface area contributed by atoms with E-state index in [1.165, 1.54) is 6.07 Å².